The highest BCUT2D eigenvalue weighted by atomic mass is 16.7. The molecule has 2 aliphatic carbocycles. The molecule has 2 aromatic rings. The number of esters is 1. The molecule has 31 heavy (non-hydrogen) atoms. The van der Waals surface area contributed by atoms with Crippen LogP contribution in [0.2, 0.25) is 0 Å². The van der Waals surface area contributed by atoms with Gasteiger partial charge in [0.25, 0.3) is 0 Å². The predicted octanol–water partition coefficient (Wildman–Crippen LogP) is 6.42. The van der Waals surface area contributed by atoms with Gasteiger partial charge in [0.15, 0.2) is 6.29 Å². The summed E-state index contributed by atoms with van der Waals surface area (Å²) in [6.45, 7) is 9.50. The van der Waals surface area contributed by atoms with Gasteiger partial charge in [0, 0.05) is 12.8 Å². The molecule has 1 saturated heterocycles. The van der Waals surface area contributed by atoms with Crippen LogP contribution in [0.1, 0.15) is 71.7 Å². The molecule has 1 aliphatic heterocycles. The maximum Gasteiger partial charge on any atom is 0.308 e. The van der Waals surface area contributed by atoms with Gasteiger partial charge in [-0.25, -0.2) is 0 Å². The van der Waals surface area contributed by atoms with Gasteiger partial charge in [-0.2, -0.15) is 0 Å². The Labute approximate surface area is 185 Å². The molecule has 0 amide bonds. The molecular formula is C27H34O4. The minimum absolute atomic E-state index is 0.179. The zero-order valence-electron chi connectivity index (χ0n) is 19.1. The SMILES string of the molecule is CC(=O)Oc1ccc2ccccc2c1[C@@H]1OC[C@@H]2[C@H](CCC3C(C)(C)CCC[C@]32C)O1. The Bertz CT molecular complexity index is 996. The van der Waals surface area contributed by atoms with Crippen LogP contribution in [0.15, 0.2) is 36.4 Å². The lowest BCUT2D eigenvalue weighted by Gasteiger charge is -2.60. The van der Waals surface area contributed by atoms with Gasteiger partial charge in [0.1, 0.15) is 5.75 Å². The first-order valence-electron chi connectivity index (χ1n) is 11.8. The zero-order valence-corrected chi connectivity index (χ0v) is 19.1. The fourth-order valence-electron chi connectivity index (χ4n) is 7.05. The number of fused-ring (bicyclic) bond motifs is 4. The van der Waals surface area contributed by atoms with Crippen molar-refractivity contribution in [3.05, 3.63) is 42.0 Å². The lowest BCUT2D eigenvalue weighted by atomic mass is 9.48. The van der Waals surface area contributed by atoms with Crippen molar-refractivity contribution in [1.82, 2.24) is 0 Å². The van der Waals surface area contributed by atoms with Crippen LogP contribution in [0.4, 0.5) is 0 Å². The number of rotatable bonds is 2. The first-order chi connectivity index (χ1) is 14.8. The number of hydrogen-bond donors (Lipinski definition) is 0. The van der Waals surface area contributed by atoms with Crippen molar-refractivity contribution in [2.24, 2.45) is 22.7 Å². The van der Waals surface area contributed by atoms with E-state index >= 15 is 0 Å². The fraction of sp³-hybridized carbons (Fsp3) is 0.593. The summed E-state index contributed by atoms with van der Waals surface area (Å²) >= 11 is 0. The molecule has 3 aliphatic rings. The maximum absolute atomic E-state index is 11.8. The van der Waals surface area contributed by atoms with E-state index in [-0.39, 0.29) is 17.5 Å². The Morgan fingerprint density at radius 3 is 2.68 bits per heavy atom. The minimum atomic E-state index is -0.515. The monoisotopic (exact) mass is 422 g/mol. The quantitative estimate of drug-likeness (QED) is 0.414. The van der Waals surface area contributed by atoms with Crippen LogP contribution in [-0.4, -0.2) is 18.7 Å². The topological polar surface area (TPSA) is 44.8 Å². The summed E-state index contributed by atoms with van der Waals surface area (Å²) in [5, 5.41) is 2.11. The highest BCUT2D eigenvalue weighted by molar-refractivity contribution is 5.89. The van der Waals surface area contributed by atoms with Crippen LogP contribution in [0, 0.1) is 22.7 Å². The molecule has 1 heterocycles. The molecule has 0 N–H and O–H groups in total. The molecule has 4 heteroatoms. The number of carbonyl (C=O) groups excluding carboxylic acids is 1. The van der Waals surface area contributed by atoms with Crippen LogP contribution in [0.5, 0.6) is 5.75 Å². The molecular weight excluding hydrogens is 388 g/mol. The molecule has 5 atom stereocenters. The van der Waals surface area contributed by atoms with Crippen molar-refractivity contribution < 1.29 is 19.0 Å². The summed E-state index contributed by atoms with van der Waals surface area (Å²) in [5.41, 5.74) is 1.48. The normalized spacial score (nSPS) is 34.6. The largest absolute Gasteiger partial charge is 0.426 e. The Kier molecular flexibility index (Phi) is 5.14. The molecule has 4 nitrogen and oxygen atoms in total. The van der Waals surface area contributed by atoms with Gasteiger partial charge >= 0.3 is 5.97 Å². The third-order valence-corrected chi connectivity index (χ3v) is 8.46. The van der Waals surface area contributed by atoms with Crippen molar-refractivity contribution in [2.45, 2.75) is 72.2 Å². The smallest absolute Gasteiger partial charge is 0.308 e. The van der Waals surface area contributed by atoms with Crippen molar-refractivity contribution in [1.29, 1.82) is 0 Å². The number of benzene rings is 2. The Hall–Kier alpha value is -1.91. The van der Waals surface area contributed by atoms with E-state index in [1.165, 1.54) is 32.6 Å². The van der Waals surface area contributed by atoms with Crippen LogP contribution in [-0.2, 0) is 14.3 Å². The fourth-order valence-corrected chi connectivity index (χ4v) is 7.05. The second kappa shape index (κ2) is 7.60. The molecule has 0 radical (unpaired) electrons. The van der Waals surface area contributed by atoms with Crippen molar-refractivity contribution >= 4 is 16.7 Å². The summed E-state index contributed by atoms with van der Waals surface area (Å²) in [4.78, 5) is 11.8. The van der Waals surface area contributed by atoms with Gasteiger partial charge in [-0.15, -0.1) is 0 Å². The Morgan fingerprint density at radius 1 is 1.06 bits per heavy atom. The van der Waals surface area contributed by atoms with E-state index in [1.54, 1.807) is 0 Å². The van der Waals surface area contributed by atoms with Crippen molar-refractivity contribution in [3.63, 3.8) is 0 Å². The standard InChI is InChI=1S/C27H34O4/c1-17(28)30-22-11-10-18-8-5-6-9-19(18)24(22)25-29-16-20-21(31-25)12-13-23-26(2,3)14-7-15-27(20,23)4/h5-6,8-11,20-21,23,25H,7,12-16H2,1-4H3/t20-,21+,23?,25-,27+/m1/s1. The maximum atomic E-state index is 11.8. The average molecular weight is 423 g/mol. The summed E-state index contributed by atoms with van der Waals surface area (Å²) in [7, 11) is 0. The Morgan fingerprint density at radius 2 is 1.87 bits per heavy atom. The third kappa shape index (κ3) is 3.48. The molecule has 0 spiro atoms. The molecule has 166 valence electrons. The van der Waals surface area contributed by atoms with Crippen LogP contribution in [0.3, 0.4) is 0 Å². The van der Waals surface area contributed by atoms with Gasteiger partial charge < -0.3 is 14.2 Å². The van der Waals surface area contributed by atoms with Crippen molar-refractivity contribution in [3.8, 4) is 5.75 Å². The first-order valence-corrected chi connectivity index (χ1v) is 11.8. The molecule has 2 saturated carbocycles. The van der Waals surface area contributed by atoms with Crippen LogP contribution < -0.4 is 4.74 Å². The lowest BCUT2D eigenvalue weighted by Crippen LogP contribution is -2.57. The summed E-state index contributed by atoms with van der Waals surface area (Å²) in [5.74, 6) is 1.33. The van der Waals surface area contributed by atoms with E-state index in [4.69, 9.17) is 14.2 Å². The van der Waals surface area contributed by atoms with E-state index in [0.717, 1.165) is 22.8 Å². The van der Waals surface area contributed by atoms with Gasteiger partial charge in [-0.3, -0.25) is 4.79 Å². The first kappa shape index (κ1) is 21.0. The lowest BCUT2D eigenvalue weighted by molar-refractivity contribution is -0.285. The molecule has 2 aromatic carbocycles. The zero-order chi connectivity index (χ0) is 21.8. The molecule has 5 rings (SSSR count). The predicted molar refractivity (Wildman–Crippen MR) is 121 cm³/mol. The second-order valence-corrected chi connectivity index (χ2v) is 10.7. The van der Waals surface area contributed by atoms with E-state index in [1.807, 2.05) is 24.3 Å². The minimum Gasteiger partial charge on any atom is -0.426 e. The van der Waals surface area contributed by atoms with E-state index in [2.05, 4.69) is 32.9 Å². The van der Waals surface area contributed by atoms with Gasteiger partial charge in [0.05, 0.1) is 18.3 Å². The highest BCUT2D eigenvalue weighted by Crippen LogP contribution is 2.61. The van der Waals surface area contributed by atoms with E-state index < -0.39 is 6.29 Å². The van der Waals surface area contributed by atoms with Crippen molar-refractivity contribution in [2.75, 3.05) is 6.61 Å². The van der Waals surface area contributed by atoms with Gasteiger partial charge in [0.2, 0.25) is 0 Å². The molecule has 1 unspecified atom stereocenters. The molecule has 0 bridgehead atoms. The summed E-state index contributed by atoms with van der Waals surface area (Å²) < 4.78 is 18.7. The van der Waals surface area contributed by atoms with Gasteiger partial charge in [-0.05, 0) is 59.3 Å². The number of ether oxygens (including phenoxy) is 3. The third-order valence-electron chi connectivity index (χ3n) is 8.46. The number of carbonyl (C=O) groups is 1. The van der Waals surface area contributed by atoms with E-state index in [9.17, 15) is 4.79 Å². The number of hydrogen-bond acceptors (Lipinski definition) is 4. The summed E-state index contributed by atoms with van der Waals surface area (Å²) in [6.07, 6.45) is 5.80. The second-order valence-electron chi connectivity index (χ2n) is 10.7. The van der Waals surface area contributed by atoms with Gasteiger partial charge in [-0.1, -0.05) is 57.5 Å². The van der Waals surface area contributed by atoms with Crippen LogP contribution in [0.25, 0.3) is 10.8 Å². The van der Waals surface area contributed by atoms with E-state index in [0.29, 0.717) is 29.6 Å². The Balaban J connectivity index is 1.48. The average Bonchev–Trinajstić information content (AvgIpc) is 2.72. The highest BCUT2D eigenvalue weighted by Gasteiger charge is 2.56. The molecule has 3 fully saturated rings. The summed E-state index contributed by atoms with van der Waals surface area (Å²) in [6, 6.07) is 12.0. The molecule has 0 aromatic heterocycles. The van der Waals surface area contributed by atoms with Crippen LogP contribution >= 0.6 is 0 Å².